The minimum absolute atomic E-state index is 0.0752. The molecule has 0 aliphatic rings. The summed E-state index contributed by atoms with van der Waals surface area (Å²) in [6, 6.07) is 12.1. The molecule has 196 valence electrons. The van der Waals surface area contributed by atoms with Crippen LogP contribution in [0, 0.1) is 5.21 Å². The lowest BCUT2D eigenvalue weighted by atomic mass is 10.1. The first-order chi connectivity index (χ1) is 17.3. The Hall–Kier alpha value is -2.71. The number of aryl methyl sites for hydroxylation is 1. The van der Waals surface area contributed by atoms with Crippen molar-refractivity contribution in [2.75, 3.05) is 0 Å². The molecule has 0 spiro atoms. The molecule has 0 aliphatic carbocycles. The first-order valence-electron chi connectivity index (χ1n) is 12.9. The molecule has 1 unspecified atom stereocenters. The number of halogens is 3. The van der Waals surface area contributed by atoms with Crippen LogP contribution in [0.5, 0.6) is 0 Å². The second kappa shape index (κ2) is 14.1. The molecule has 0 aliphatic heterocycles. The van der Waals surface area contributed by atoms with Crippen molar-refractivity contribution >= 4 is 0 Å². The summed E-state index contributed by atoms with van der Waals surface area (Å²) < 4.78 is 43.6. The van der Waals surface area contributed by atoms with Gasteiger partial charge in [0, 0.05) is 23.1 Å². The van der Waals surface area contributed by atoms with E-state index in [4.69, 9.17) is 4.52 Å². The van der Waals surface area contributed by atoms with Crippen LogP contribution in [0.1, 0.15) is 87.2 Å². The number of aromatic nitrogens is 2. The van der Waals surface area contributed by atoms with Crippen molar-refractivity contribution in [2.45, 2.75) is 90.4 Å². The van der Waals surface area contributed by atoms with Crippen molar-refractivity contribution in [3.63, 3.8) is 0 Å². The largest absolute Gasteiger partial charge is 0.634 e. The van der Waals surface area contributed by atoms with Gasteiger partial charge in [0.25, 0.3) is 5.89 Å². The summed E-state index contributed by atoms with van der Waals surface area (Å²) in [4.78, 5) is 4.51. The molecule has 8 heteroatoms. The Morgan fingerprint density at radius 3 is 2.14 bits per heavy atom. The smallest absolute Gasteiger partial charge is 0.416 e. The predicted octanol–water partition coefficient (Wildman–Crippen LogP) is 6.91. The minimum Gasteiger partial charge on any atom is -0.634 e. The minimum atomic E-state index is -4.38. The molecule has 0 saturated heterocycles. The predicted molar refractivity (Wildman–Crippen MR) is 134 cm³/mol. The molecule has 1 aromatic heterocycles. The van der Waals surface area contributed by atoms with Gasteiger partial charge in [-0.2, -0.15) is 18.2 Å². The summed E-state index contributed by atoms with van der Waals surface area (Å²) in [5.41, 5.74) is 1.38. The van der Waals surface area contributed by atoms with Gasteiger partial charge in [-0.05, 0) is 30.7 Å². The Kier molecular flexibility index (Phi) is 10.9. The summed E-state index contributed by atoms with van der Waals surface area (Å²) >= 11 is 0. The van der Waals surface area contributed by atoms with Gasteiger partial charge in [0.05, 0.1) is 5.56 Å². The zero-order chi connectivity index (χ0) is 25.8. The van der Waals surface area contributed by atoms with Gasteiger partial charge in [0.15, 0.2) is 5.82 Å². The van der Waals surface area contributed by atoms with Crippen LogP contribution in [0.25, 0.3) is 11.5 Å². The van der Waals surface area contributed by atoms with E-state index in [1.54, 1.807) is 0 Å². The Labute approximate surface area is 211 Å². The lowest BCUT2D eigenvalue weighted by molar-refractivity contribution is -0.876. The number of nitrogens with zero attached hydrogens (tertiary/aromatic N) is 2. The van der Waals surface area contributed by atoms with E-state index >= 15 is 0 Å². The number of nitrogens with one attached hydrogen (secondary N) is 1. The molecule has 1 atom stereocenters. The fraction of sp³-hybridized carbons (Fsp3) is 0.500. The number of rotatable bonds is 15. The first-order valence-corrected chi connectivity index (χ1v) is 12.9. The number of benzene rings is 2. The van der Waals surface area contributed by atoms with Crippen molar-refractivity contribution in [3.05, 3.63) is 76.3 Å². The van der Waals surface area contributed by atoms with Crippen LogP contribution in [-0.4, -0.2) is 10.1 Å². The fourth-order valence-electron chi connectivity index (χ4n) is 4.21. The molecule has 5 nitrogen and oxygen atoms in total. The summed E-state index contributed by atoms with van der Waals surface area (Å²) in [6.45, 7) is 2.48. The van der Waals surface area contributed by atoms with Crippen molar-refractivity contribution in [1.82, 2.24) is 10.1 Å². The number of hydrogen-bond acceptors (Lipinski definition) is 4. The van der Waals surface area contributed by atoms with Gasteiger partial charge in [0.2, 0.25) is 0 Å². The van der Waals surface area contributed by atoms with E-state index in [-0.39, 0.29) is 18.2 Å². The highest BCUT2D eigenvalue weighted by atomic mass is 19.4. The number of alkyl halides is 3. The molecule has 0 fully saturated rings. The molecule has 36 heavy (non-hydrogen) atoms. The molecule has 0 amide bonds. The molecule has 1 heterocycles. The lowest BCUT2D eigenvalue weighted by Crippen LogP contribution is -3.04. The molecule has 0 radical (unpaired) electrons. The van der Waals surface area contributed by atoms with E-state index in [0.29, 0.717) is 17.3 Å². The van der Waals surface area contributed by atoms with Gasteiger partial charge in [0.1, 0.15) is 13.1 Å². The molecular weight excluding hydrogens is 467 g/mol. The van der Waals surface area contributed by atoms with Crippen LogP contribution < -0.4 is 5.06 Å². The SMILES string of the molecule is CCCCCCCCCCCc1noc(-c2cccc(C[NH+]([O-])Cc3ccc(C(F)(F)F)cc3)c2)n1. The highest BCUT2D eigenvalue weighted by molar-refractivity contribution is 5.53. The fourth-order valence-corrected chi connectivity index (χ4v) is 4.21. The van der Waals surface area contributed by atoms with E-state index < -0.39 is 11.7 Å². The van der Waals surface area contributed by atoms with Crippen molar-refractivity contribution < 1.29 is 22.8 Å². The summed E-state index contributed by atoms with van der Waals surface area (Å²) in [5, 5.41) is 16.5. The summed E-state index contributed by atoms with van der Waals surface area (Å²) in [7, 11) is 0. The molecule has 1 N–H and O–H groups in total. The molecule has 0 bridgehead atoms. The highest BCUT2D eigenvalue weighted by Crippen LogP contribution is 2.29. The zero-order valence-electron chi connectivity index (χ0n) is 20.9. The van der Waals surface area contributed by atoms with E-state index in [9.17, 15) is 18.4 Å². The second-order valence-corrected chi connectivity index (χ2v) is 9.38. The number of hydrogen-bond donors (Lipinski definition) is 1. The van der Waals surface area contributed by atoms with Crippen LogP contribution in [0.3, 0.4) is 0 Å². The third-order valence-corrected chi connectivity index (χ3v) is 6.23. The first kappa shape index (κ1) is 27.9. The van der Waals surface area contributed by atoms with Crippen LogP contribution in [0.15, 0.2) is 53.1 Å². The van der Waals surface area contributed by atoms with E-state index in [1.165, 1.54) is 57.1 Å². The molecule has 3 aromatic rings. The van der Waals surface area contributed by atoms with Gasteiger partial charge in [-0.3, -0.25) is 0 Å². The number of unbranched alkanes of at least 4 members (excludes halogenated alkanes) is 8. The Bertz CT molecular complexity index is 1040. The van der Waals surface area contributed by atoms with Gasteiger partial charge in [-0.25, -0.2) is 0 Å². The molecule has 2 aromatic carbocycles. The topological polar surface area (TPSA) is 66.4 Å². The Morgan fingerprint density at radius 2 is 1.47 bits per heavy atom. The quantitative estimate of drug-likeness (QED) is 0.181. The van der Waals surface area contributed by atoms with E-state index in [2.05, 4.69) is 17.1 Å². The Morgan fingerprint density at radius 1 is 0.833 bits per heavy atom. The highest BCUT2D eigenvalue weighted by Gasteiger charge is 2.30. The van der Waals surface area contributed by atoms with E-state index in [0.717, 1.165) is 42.5 Å². The maximum atomic E-state index is 12.7. The second-order valence-electron chi connectivity index (χ2n) is 9.38. The van der Waals surface area contributed by atoms with Crippen LogP contribution in [0.2, 0.25) is 0 Å². The van der Waals surface area contributed by atoms with Gasteiger partial charge in [-0.1, -0.05) is 87.7 Å². The van der Waals surface area contributed by atoms with E-state index in [1.807, 2.05) is 24.3 Å². The van der Waals surface area contributed by atoms with Crippen LogP contribution in [0.4, 0.5) is 13.2 Å². The monoisotopic (exact) mass is 503 g/mol. The normalized spacial score (nSPS) is 12.7. The maximum absolute atomic E-state index is 12.7. The molecular formula is C28H36F3N3O2. The molecule has 0 saturated carbocycles. The standard InChI is InChI=1S/C28H36F3N3O2/c1-2-3-4-5-6-7-8-9-10-14-26-32-27(36-33-26)24-13-11-12-23(19-24)21-34(35)20-22-15-17-25(18-16-22)28(29,30)31/h11-13,15-19,34H,2-10,14,20-21H2,1H3. The average molecular weight is 504 g/mol. The molecule has 3 rings (SSSR count). The van der Waals surface area contributed by atoms with Gasteiger partial charge >= 0.3 is 6.18 Å². The summed E-state index contributed by atoms with van der Waals surface area (Å²) in [5.74, 6) is 1.12. The summed E-state index contributed by atoms with van der Waals surface area (Å²) in [6.07, 6.45) is 7.72. The number of hydroxylamine groups is 2. The number of quaternary nitrogens is 1. The van der Waals surface area contributed by atoms with Crippen LogP contribution >= 0.6 is 0 Å². The zero-order valence-corrected chi connectivity index (χ0v) is 20.9. The lowest BCUT2D eigenvalue weighted by Gasteiger charge is -2.22. The third kappa shape index (κ3) is 9.39. The maximum Gasteiger partial charge on any atom is 0.416 e. The van der Waals surface area contributed by atoms with Gasteiger partial charge < -0.3 is 14.8 Å². The van der Waals surface area contributed by atoms with Crippen molar-refractivity contribution in [1.29, 1.82) is 0 Å². The van der Waals surface area contributed by atoms with Crippen LogP contribution in [-0.2, 0) is 25.7 Å². The van der Waals surface area contributed by atoms with Gasteiger partial charge in [-0.15, -0.1) is 0 Å². The third-order valence-electron chi connectivity index (χ3n) is 6.23. The average Bonchev–Trinajstić information content (AvgIpc) is 3.32. The van der Waals surface area contributed by atoms with Crippen molar-refractivity contribution in [3.8, 4) is 11.5 Å². The Balaban J connectivity index is 1.44. The van der Waals surface area contributed by atoms with Crippen molar-refractivity contribution in [2.24, 2.45) is 0 Å².